The van der Waals surface area contributed by atoms with Gasteiger partial charge >= 0.3 is 0 Å². The Bertz CT molecular complexity index is 1990. The number of rotatable bonds is 5. The first-order chi connectivity index (χ1) is 20.8. The number of hydrogen-bond donors (Lipinski definition) is 1. The second-order valence-corrected chi connectivity index (χ2v) is 12.2. The average molecular weight is 575 g/mol. The van der Waals surface area contributed by atoms with Crippen LogP contribution in [0.2, 0.25) is 0 Å². The Balaban J connectivity index is 1.19. The maximum Gasteiger partial charge on any atom is 0.277 e. The molecule has 43 heavy (non-hydrogen) atoms. The first-order valence-corrected chi connectivity index (χ1v) is 14.9. The lowest BCUT2D eigenvalue weighted by molar-refractivity contribution is 0.0606. The normalized spacial score (nSPS) is 20.0. The van der Waals surface area contributed by atoms with Crippen LogP contribution in [-0.2, 0) is 6.54 Å². The molecule has 0 unspecified atom stereocenters. The van der Waals surface area contributed by atoms with Gasteiger partial charge in [0.05, 0.1) is 28.9 Å². The number of carbonyl (C=O) groups excluding carboxylic acids is 2. The van der Waals surface area contributed by atoms with Crippen molar-refractivity contribution in [3.05, 3.63) is 83.0 Å². The Hall–Kier alpha value is -4.63. The van der Waals surface area contributed by atoms with Gasteiger partial charge in [-0.3, -0.25) is 9.59 Å². The second-order valence-electron chi connectivity index (χ2n) is 12.2. The molecule has 8 rings (SSSR count). The largest absolute Gasteiger partial charge is 0.339 e. The summed E-state index contributed by atoms with van der Waals surface area (Å²) in [5.74, 6) is 0.215. The van der Waals surface area contributed by atoms with Crippen molar-refractivity contribution in [2.75, 3.05) is 13.1 Å². The molecular weight excluding hydrogens is 543 g/mol. The number of aromatic nitrogens is 3. The van der Waals surface area contributed by atoms with Gasteiger partial charge in [-0.1, -0.05) is 18.2 Å². The second kappa shape index (κ2) is 9.70. The van der Waals surface area contributed by atoms with Gasteiger partial charge in [0.1, 0.15) is 11.9 Å². The van der Waals surface area contributed by atoms with Crippen molar-refractivity contribution in [1.29, 1.82) is 0 Å². The van der Waals surface area contributed by atoms with Gasteiger partial charge in [0, 0.05) is 53.6 Å². The maximum absolute atomic E-state index is 14.2. The van der Waals surface area contributed by atoms with E-state index in [1.54, 1.807) is 23.0 Å². The summed E-state index contributed by atoms with van der Waals surface area (Å²) >= 11 is 0. The van der Waals surface area contributed by atoms with E-state index >= 15 is 0 Å². The lowest BCUT2D eigenvalue weighted by atomic mass is 9.99. The van der Waals surface area contributed by atoms with Crippen LogP contribution in [0, 0.1) is 12.8 Å². The minimum Gasteiger partial charge on any atom is -0.339 e. The Kier molecular flexibility index (Phi) is 5.88. The van der Waals surface area contributed by atoms with E-state index in [0.29, 0.717) is 23.6 Å². The summed E-state index contributed by atoms with van der Waals surface area (Å²) < 4.78 is 18.3. The summed E-state index contributed by atoms with van der Waals surface area (Å²) in [6.45, 7) is 3.38. The number of halogens is 1. The van der Waals surface area contributed by atoms with Gasteiger partial charge in [0.25, 0.3) is 11.8 Å². The number of fused-ring (bicyclic) bond motifs is 3. The molecule has 2 N–H and O–H groups in total. The van der Waals surface area contributed by atoms with Gasteiger partial charge in [0.2, 0.25) is 0 Å². The van der Waals surface area contributed by atoms with Gasteiger partial charge in [-0.25, -0.2) is 13.9 Å². The molecule has 3 aliphatic rings. The van der Waals surface area contributed by atoms with E-state index in [9.17, 15) is 14.0 Å². The van der Waals surface area contributed by atoms with E-state index in [-0.39, 0.29) is 30.8 Å². The number of benzene rings is 2. The predicted octanol–water partition coefficient (Wildman–Crippen LogP) is 5.43. The molecule has 2 aromatic carbocycles. The number of aliphatic imine (C=N–C) groups is 1. The Labute approximate surface area is 247 Å². The van der Waals surface area contributed by atoms with E-state index in [1.807, 2.05) is 24.3 Å². The summed E-state index contributed by atoms with van der Waals surface area (Å²) in [4.78, 5) is 30.7. The number of nitrogens with zero attached hydrogens (tertiary/aromatic N) is 5. The smallest absolute Gasteiger partial charge is 0.277 e. The van der Waals surface area contributed by atoms with Crippen LogP contribution in [0.5, 0.6) is 0 Å². The number of likely N-dealkylation sites (tertiary alicyclic amines) is 1. The maximum atomic E-state index is 14.2. The molecule has 0 spiro atoms. The molecule has 1 saturated heterocycles. The summed E-state index contributed by atoms with van der Waals surface area (Å²) in [6, 6.07) is 17.9. The van der Waals surface area contributed by atoms with Crippen molar-refractivity contribution in [3.63, 3.8) is 0 Å². The van der Waals surface area contributed by atoms with Gasteiger partial charge in [-0.2, -0.15) is 5.10 Å². The van der Waals surface area contributed by atoms with Crippen molar-refractivity contribution in [2.24, 2.45) is 16.6 Å². The zero-order chi connectivity index (χ0) is 29.4. The van der Waals surface area contributed by atoms with Crippen molar-refractivity contribution < 1.29 is 14.0 Å². The van der Waals surface area contributed by atoms with Gasteiger partial charge in [0.15, 0.2) is 0 Å². The number of aryl methyl sites for hydroxylation is 1. The number of alkyl halides is 1. The SMILES string of the molecule is Cc1c(-c2cc3ccc(-c4ccc5c(c4)C=NC5=O)cc3n2CC2CC2)nn2cc(C(=O)N3C[C@H](N)C[C@@H](F)C3)ccc12. The predicted molar refractivity (Wildman–Crippen MR) is 164 cm³/mol. The third kappa shape index (κ3) is 4.46. The topological polar surface area (TPSA) is 98.0 Å². The lowest BCUT2D eigenvalue weighted by Crippen LogP contribution is -2.50. The molecule has 9 heteroatoms. The standard InChI is InChI=1S/C34H31FN6O2/c1-19-29-9-7-24(34(43)39-17-26(35)13-27(36)18-39)16-41(29)38-32(19)31-12-23-5-4-22(11-30(23)40(31)15-20-2-3-20)21-6-8-28-25(10-21)14-37-33(28)42/h4-12,14,16,20,26-27H,2-3,13,15,17-18,36H2,1H3/t26-,27-/m1/s1. The monoisotopic (exact) mass is 574 g/mol. The first kappa shape index (κ1) is 26.0. The zero-order valence-electron chi connectivity index (χ0n) is 23.8. The Morgan fingerprint density at radius 1 is 1.02 bits per heavy atom. The van der Waals surface area contributed by atoms with Crippen molar-refractivity contribution in [2.45, 2.75) is 44.9 Å². The van der Waals surface area contributed by atoms with E-state index in [0.717, 1.165) is 56.6 Å². The number of nitrogens with two attached hydrogens (primary N) is 1. The molecule has 2 atom stereocenters. The fourth-order valence-electron chi connectivity index (χ4n) is 6.59. The molecule has 0 radical (unpaired) electrons. The third-order valence-corrected chi connectivity index (χ3v) is 9.06. The quantitative estimate of drug-likeness (QED) is 0.303. The molecule has 0 bridgehead atoms. The number of piperidine rings is 1. The van der Waals surface area contributed by atoms with Crippen LogP contribution in [-0.4, -0.2) is 62.4 Å². The summed E-state index contributed by atoms with van der Waals surface area (Å²) in [5, 5.41) is 6.12. The number of hydrogen-bond acceptors (Lipinski definition) is 4. The summed E-state index contributed by atoms with van der Waals surface area (Å²) in [6.07, 6.45) is 4.99. The molecule has 2 aliphatic heterocycles. The number of carbonyl (C=O) groups is 2. The Morgan fingerprint density at radius 3 is 2.65 bits per heavy atom. The van der Waals surface area contributed by atoms with Crippen LogP contribution in [0.15, 0.2) is 65.8 Å². The molecular formula is C34H31FN6O2. The molecule has 2 amide bonds. The molecule has 3 aromatic heterocycles. The number of amides is 2. The Morgan fingerprint density at radius 2 is 1.84 bits per heavy atom. The van der Waals surface area contributed by atoms with Crippen LogP contribution in [0.3, 0.4) is 0 Å². The van der Waals surface area contributed by atoms with Crippen molar-refractivity contribution in [3.8, 4) is 22.5 Å². The summed E-state index contributed by atoms with van der Waals surface area (Å²) in [7, 11) is 0. The highest BCUT2D eigenvalue weighted by atomic mass is 19.1. The fraction of sp³-hybridized carbons (Fsp3) is 0.294. The van der Waals surface area contributed by atoms with Crippen LogP contribution in [0.1, 0.15) is 51.1 Å². The number of pyridine rings is 1. The minimum atomic E-state index is -1.11. The van der Waals surface area contributed by atoms with Crippen LogP contribution in [0.4, 0.5) is 4.39 Å². The van der Waals surface area contributed by atoms with Crippen molar-refractivity contribution >= 4 is 34.4 Å². The van der Waals surface area contributed by atoms with Gasteiger partial charge in [-0.15, -0.1) is 0 Å². The summed E-state index contributed by atoms with van der Waals surface area (Å²) in [5.41, 5.74) is 15.1. The highest BCUT2D eigenvalue weighted by Crippen LogP contribution is 2.38. The van der Waals surface area contributed by atoms with E-state index < -0.39 is 6.17 Å². The van der Waals surface area contributed by atoms with Crippen molar-refractivity contribution in [1.82, 2.24) is 19.1 Å². The zero-order valence-corrected chi connectivity index (χ0v) is 23.8. The third-order valence-electron chi connectivity index (χ3n) is 9.06. The van der Waals surface area contributed by atoms with E-state index in [1.165, 1.54) is 17.7 Å². The van der Waals surface area contributed by atoms with Gasteiger partial charge < -0.3 is 15.2 Å². The molecule has 8 nitrogen and oxygen atoms in total. The molecule has 2 fully saturated rings. The van der Waals surface area contributed by atoms with Crippen LogP contribution < -0.4 is 5.73 Å². The van der Waals surface area contributed by atoms with Crippen LogP contribution in [0.25, 0.3) is 38.9 Å². The highest BCUT2D eigenvalue weighted by Gasteiger charge is 2.30. The lowest BCUT2D eigenvalue weighted by Gasteiger charge is -2.32. The highest BCUT2D eigenvalue weighted by molar-refractivity contribution is 6.13. The van der Waals surface area contributed by atoms with Crippen LogP contribution >= 0.6 is 0 Å². The molecule has 5 aromatic rings. The molecule has 216 valence electrons. The molecule has 1 aliphatic carbocycles. The molecule has 5 heterocycles. The first-order valence-electron chi connectivity index (χ1n) is 14.9. The van der Waals surface area contributed by atoms with E-state index in [2.05, 4.69) is 40.7 Å². The minimum absolute atomic E-state index is 0.0639. The average Bonchev–Trinajstić information content (AvgIpc) is 3.53. The van der Waals surface area contributed by atoms with Gasteiger partial charge in [-0.05, 0) is 79.6 Å². The molecule has 1 saturated carbocycles. The van der Waals surface area contributed by atoms with E-state index in [4.69, 9.17) is 10.8 Å². The fourth-order valence-corrected chi connectivity index (χ4v) is 6.59.